The number of hydrogen-bond donors (Lipinski definition) is 2. The summed E-state index contributed by atoms with van der Waals surface area (Å²) in [6.45, 7) is 1.69. The fourth-order valence-corrected chi connectivity index (χ4v) is 2.82. The molecule has 0 aliphatic carbocycles. The van der Waals surface area contributed by atoms with E-state index < -0.39 is 5.91 Å². The normalized spacial score (nSPS) is 10.6. The number of nitrogens with one attached hydrogen (secondary N) is 2. The van der Waals surface area contributed by atoms with Crippen molar-refractivity contribution in [2.75, 3.05) is 26.1 Å². The minimum atomic E-state index is -0.396. The van der Waals surface area contributed by atoms with Gasteiger partial charge >= 0.3 is 0 Å². The second-order valence-electron chi connectivity index (χ2n) is 6.10. The molecule has 0 bridgehead atoms. The molecule has 0 fully saturated rings. The molecule has 28 heavy (non-hydrogen) atoms. The highest BCUT2D eigenvalue weighted by Crippen LogP contribution is 2.27. The van der Waals surface area contributed by atoms with Crippen LogP contribution in [0, 0.1) is 6.92 Å². The Morgan fingerprint density at radius 3 is 2.61 bits per heavy atom. The van der Waals surface area contributed by atoms with Crippen molar-refractivity contribution in [3.63, 3.8) is 0 Å². The van der Waals surface area contributed by atoms with E-state index in [9.17, 15) is 9.59 Å². The molecular weight excluding hydrogens is 362 g/mol. The molecule has 0 aliphatic rings. The van der Waals surface area contributed by atoms with Crippen LogP contribution in [0.5, 0.6) is 11.5 Å². The van der Waals surface area contributed by atoms with Crippen LogP contribution >= 0.6 is 0 Å². The minimum Gasteiger partial charge on any atom is -0.493 e. The number of amides is 2. The zero-order chi connectivity index (χ0) is 20.3. The van der Waals surface area contributed by atoms with Gasteiger partial charge in [0.1, 0.15) is 0 Å². The van der Waals surface area contributed by atoms with Crippen molar-refractivity contribution in [1.29, 1.82) is 0 Å². The lowest BCUT2D eigenvalue weighted by Crippen LogP contribution is -2.32. The van der Waals surface area contributed by atoms with Gasteiger partial charge in [-0.25, -0.2) is 4.98 Å². The van der Waals surface area contributed by atoms with Crippen molar-refractivity contribution < 1.29 is 19.1 Å². The van der Waals surface area contributed by atoms with Crippen molar-refractivity contribution in [3.8, 4) is 11.5 Å². The molecule has 1 aromatic carbocycles. The third-order valence-electron chi connectivity index (χ3n) is 4.20. The summed E-state index contributed by atoms with van der Waals surface area (Å²) in [6, 6.07) is 6.58. The van der Waals surface area contributed by atoms with E-state index in [4.69, 9.17) is 9.47 Å². The largest absolute Gasteiger partial charge is 0.493 e. The number of benzene rings is 1. The molecule has 0 spiro atoms. The zero-order valence-corrected chi connectivity index (χ0v) is 16.1. The topological polar surface area (TPSA) is 107 Å². The number of fused-ring (bicyclic) bond motifs is 1. The molecule has 0 atom stereocenters. The monoisotopic (exact) mass is 383 g/mol. The van der Waals surface area contributed by atoms with Gasteiger partial charge in [0, 0.05) is 18.0 Å². The maximum Gasteiger partial charge on any atom is 0.251 e. The number of hydrogen-bond acceptors (Lipinski definition) is 6. The summed E-state index contributed by atoms with van der Waals surface area (Å²) in [4.78, 5) is 28.8. The van der Waals surface area contributed by atoms with E-state index in [1.165, 1.54) is 14.2 Å². The molecule has 9 nitrogen and oxygen atoms in total. The molecule has 2 aromatic heterocycles. The summed E-state index contributed by atoms with van der Waals surface area (Å²) in [5.41, 5.74) is 2.45. The Labute approximate surface area is 161 Å². The van der Waals surface area contributed by atoms with Crippen molar-refractivity contribution in [3.05, 3.63) is 41.7 Å². The van der Waals surface area contributed by atoms with E-state index in [1.807, 2.05) is 14.0 Å². The third kappa shape index (κ3) is 3.88. The SMILES string of the molecule is COc1ccc(C(=O)NCC(=O)Nc2cnc3c(c2)c(C)nn3C)cc1OC. The number of carbonyl (C=O) groups is 2. The lowest BCUT2D eigenvalue weighted by Gasteiger charge is -2.10. The van der Waals surface area contributed by atoms with Gasteiger partial charge in [-0.1, -0.05) is 0 Å². The van der Waals surface area contributed by atoms with Crippen molar-refractivity contribution in [2.24, 2.45) is 7.05 Å². The van der Waals surface area contributed by atoms with Crippen LogP contribution < -0.4 is 20.1 Å². The van der Waals surface area contributed by atoms with Gasteiger partial charge in [0.2, 0.25) is 5.91 Å². The summed E-state index contributed by atoms with van der Waals surface area (Å²) in [5, 5.41) is 10.4. The average Bonchev–Trinajstić information content (AvgIpc) is 2.98. The Morgan fingerprint density at radius 1 is 1.14 bits per heavy atom. The first kappa shape index (κ1) is 19.2. The Morgan fingerprint density at radius 2 is 1.89 bits per heavy atom. The second kappa shape index (κ2) is 7.95. The number of pyridine rings is 1. The predicted octanol–water partition coefficient (Wildman–Crippen LogP) is 1.66. The first-order chi connectivity index (χ1) is 13.4. The Kier molecular flexibility index (Phi) is 5.44. The lowest BCUT2D eigenvalue weighted by molar-refractivity contribution is -0.115. The van der Waals surface area contributed by atoms with Crippen molar-refractivity contribution in [1.82, 2.24) is 20.1 Å². The van der Waals surface area contributed by atoms with Gasteiger partial charge in [-0.3, -0.25) is 14.3 Å². The van der Waals surface area contributed by atoms with Gasteiger partial charge in [-0.05, 0) is 31.2 Å². The summed E-state index contributed by atoms with van der Waals surface area (Å²) in [7, 11) is 4.81. The molecule has 146 valence electrons. The van der Waals surface area contributed by atoms with Gasteiger partial charge in [0.15, 0.2) is 17.1 Å². The quantitative estimate of drug-likeness (QED) is 0.670. The predicted molar refractivity (Wildman–Crippen MR) is 104 cm³/mol. The van der Waals surface area contributed by atoms with E-state index in [0.717, 1.165) is 16.7 Å². The molecular formula is C19H21N5O4. The molecule has 0 saturated carbocycles. The molecule has 2 N–H and O–H groups in total. The molecule has 2 amide bonds. The maximum absolute atomic E-state index is 12.3. The van der Waals surface area contributed by atoms with Crippen LogP contribution in [0.25, 0.3) is 11.0 Å². The molecule has 3 rings (SSSR count). The molecule has 0 aliphatic heterocycles. The molecule has 0 saturated heterocycles. The Balaban J connectivity index is 1.62. The Hall–Kier alpha value is -3.62. The highest BCUT2D eigenvalue weighted by Gasteiger charge is 2.13. The smallest absolute Gasteiger partial charge is 0.251 e. The van der Waals surface area contributed by atoms with Crippen molar-refractivity contribution >= 4 is 28.5 Å². The molecule has 9 heteroatoms. The summed E-state index contributed by atoms with van der Waals surface area (Å²) in [6.07, 6.45) is 1.55. The van der Waals surface area contributed by atoms with Crippen LogP contribution in [-0.2, 0) is 11.8 Å². The number of anilines is 1. The standard InChI is InChI=1S/C19H21N5O4/c1-11-14-8-13(9-20-18(14)24(2)23-11)22-17(25)10-21-19(26)12-5-6-15(27-3)16(7-12)28-4/h5-9H,10H2,1-4H3,(H,21,26)(H,22,25). The fourth-order valence-electron chi connectivity index (χ4n) is 2.82. The molecule has 0 radical (unpaired) electrons. The number of carbonyl (C=O) groups excluding carboxylic acids is 2. The van der Waals surface area contributed by atoms with Gasteiger partial charge in [-0.2, -0.15) is 5.10 Å². The van der Waals surface area contributed by atoms with Crippen LogP contribution in [0.2, 0.25) is 0 Å². The lowest BCUT2D eigenvalue weighted by atomic mass is 10.2. The molecule has 0 unspecified atom stereocenters. The van der Waals surface area contributed by atoms with Crippen LogP contribution in [0.3, 0.4) is 0 Å². The highest BCUT2D eigenvalue weighted by molar-refractivity contribution is 6.00. The zero-order valence-electron chi connectivity index (χ0n) is 16.1. The summed E-state index contributed by atoms with van der Waals surface area (Å²) >= 11 is 0. The number of aromatic nitrogens is 3. The van der Waals surface area contributed by atoms with Gasteiger partial charge in [0.05, 0.1) is 38.3 Å². The number of methoxy groups -OCH3 is 2. The van der Waals surface area contributed by atoms with E-state index in [-0.39, 0.29) is 12.5 Å². The number of nitrogens with zero attached hydrogens (tertiary/aromatic N) is 3. The minimum absolute atomic E-state index is 0.183. The van der Waals surface area contributed by atoms with Crippen molar-refractivity contribution in [2.45, 2.75) is 6.92 Å². The number of ether oxygens (including phenoxy) is 2. The number of aryl methyl sites for hydroxylation is 2. The first-order valence-corrected chi connectivity index (χ1v) is 8.52. The molecule has 3 aromatic rings. The summed E-state index contributed by atoms with van der Waals surface area (Å²) < 4.78 is 12.0. The van der Waals surface area contributed by atoms with E-state index in [0.29, 0.717) is 22.7 Å². The van der Waals surface area contributed by atoms with Crippen LogP contribution in [0.1, 0.15) is 16.1 Å². The van der Waals surface area contributed by atoms with Gasteiger partial charge in [-0.15, -0.1) is 0 Å². The van der Waals surface area contributed by atoms with Gasteiger partial charge in [0.25, 0.3) is 5.91 Å². The fraction of sp³-hybridized carbons (Fsp3) is 0.263. The summed E-state index contributed by atoms with van der Waals surface area (Å²) in [5.74, 6) is 0.195. The van der Waals surface area contributed by atoms with Crippen LogP contribution in [0.4, 0.5) is 5.69 Å². The Bertz CT molecular complexity index is 1040. The van der Waals surface area contributed by atoms with Crippen LogP contribution in [-0.4, -0.2) is 47.3 Å². The average molecular weight is 383 g/mol. The van der Waals surface area contributed by atoms with E-state index in [2.05, 4.69) is 20.7 Å². The van der Waals surface area contributed by atoms with Gasteiger partial charge < -0.3 is 20.1 Å². The van der Waals surface area contributed by atoms with E-state index >= 15 is 0 Å². The maximum atomic E-state index is 12.3. The van der Waals surface area contributed by atoms with Crippen LogP contribution in [0.15, 0.2) is 30.5 Å². The highest BCUT2D eigenvalue weighted by atomic mass is 16.5. The third-order valence-corrected chi connectivity index (χ3v) is 4.20. The first-order valence-electron chi connectivity index (χ1n) is 8.52. The van der Waals surface area contributed by atoms with E-state index in [1.54, 1.807) is 35.1 Å². The number of rotatable bonds is 6. The second-order valence-corrected chi connectivity index (χ2v) is 6.10. The molecule has 2 heterocycles.